The van der Waals surface area contributed by atoms with Gasteiger partial charge in [-0.05, 0) is 55.3 Å². The van der Waals surface area contributed by atoms with E-state index in [4.69, 9.17) is 9.72 Å². The van der Waals surface area contributed by atoms with Gasteiger partial charge in [0.25, 0.3) is 5.91 Å². The molecular weight excluding hydrogens is 511 g/mol. The van der Waals surface area contributed by atoms with E-state index in [0.29, 0.717) is 29.7 Å². The van der Waals surface area contributed by atoms with Crippen molar-refractivity contribution in [1.29, 1.82) is 0 Å². The smallest absolute Gasteiger partial charge is 0.387 e. The van der Waals surface area contributed by atoms with Crippen LogP contribution >= 0.6 is 7.14 Å². The summed E-state index contributed by atoms with van der Waals surface area (Å²) in [7, 11) is -0.501. The summed E-state index contributed by atoms with van der Waals surface area (Å²) in [5, 5.41) is 3.10. The first kappa shape index (κ1) is 24.6. The fraction of sp³-hybridized carbons (Fsp3) is 0.296. The lowest BCUT2D eigenvalue weighted by Crippen LogP contribution is -2.30. The molecule has 196 valence electrons. The largest absolute Gasteiger partial charge is 0.434 e. The minimum atomic E-state index is -3.01. The van der Waals surface area contributed by atoms with Crippen molar-refractivity contribution in [3.63, 3.8) is 0 Å². The minimum Gasteiger partial charge on any atom is -0.434 e. The number of rotatable bonds is 6. The van der Waals surface area contributed by atoms with E-state index >= 15 is 0 Å². The summed E-state index contributed by atoms with van der Waals surface area (Å²) < 4.78 is 45.5. The van der Waals surface area contributed by atoms with Crippen LogP contribution in [0.25, 0.3) is 22.2 Å². The highest BCUT2D eigenvalue weighted by molar-refractivity contribution is 7.62. The third-order valence-corrected chi connectivity index (χ3v) is 8.06. The Morgan fingerprint density at radius 2 is 1.92 bits per heavy atom. The summed E-state index contributed by atoms with van der Waals surface area (Å²) in [6.07, 6.45) is 2.63. The summed E-state index contributed by atoms with van der Waals surface area (Å²) >= 11 is 0. The lowest BCUT2D eigenvalue weighted by Gasteiger charge is -2.24. The number of carbonyl (C=O) groups is 1. The fourth-order valence-corrected chi connectivity index (χ4v) is 5.94. The van der Waals surface area contributed by atoms with E-state index in [1.807, 2.05) is 34.9 Å². The maximum atomic E-state index is 13.3. The molecule has 0 saturated carbocycles. The Hall–Kier alpha value is -3.78. The molecular formula is C27H26F2N5O3P. The van der Waals surface area contributed by atoms with E-state index in [0.717, 1.165) is 28.0 Å². The van der Waals surface area contributed by atoms with E-state index in [9.17, 15) is 18.1 Å². The van der Waals surface area contributed by atoms with E-state index in [2.05, 4.69) is 10.3 Å². The standard InChI is InChI=1S/C27H26F2N5O3P/c1-33-21-12-20(24-17(26(33)35)5-4-6-22(24)37-27(28)29)34-19-11-15(7-9-18(19)32-25(21)34)16-8-10-23(30-13-16)31-14-38(2,3)36/h4-11,13,20-21,27H,12,14H2,1-3H3,(H,30,31)/t20-,21-/m1/s1. The van der Waals surface area contributed by atoms with Crippen LogP contribution in [0.5, 0.6) is 5.75 Å². The van der Waals surface area contributed by atoms with Crippen molar-refractivity contribution in [2.75, 3.05) is 32.0 Å². The second kappa shape index (κ2) is 8.91. The zero-order chi connectivity index (χ0) is 26.8. The van der Waals surface area contributed by atoms with Crippen LogP contribution in [0.1, 0.15) is 40.3 Å². The van der Waals surface area contributed by atoms with Crippen LogP contribution in [0, 0.1) is 0 Å². The van der Waals surface area contributed by atoms with Gasteiger partial charge in [0.15, 0.2) is 0 Å². The molecule has 0 radical (unpaired) electrons. The Labute approximate surface area is 218 Å². The molecule has 2 aliphatic heterocycles. The maximum absolute atomic E-state index is 13.3. The highest BCUT2D eigenvalue weighted by Gasteiger charge is 2.45. The van der Waals surface area contributed by atoms with Gasteiger partial charge in [-0.3, -0.25) is 4.79 Å². The van der Waals surface area contributed by atoms with Crippen molar-refractivity contribution in [3.8, 4) is 16.9 Å². The van der Waals surface area contributed by atoms with E-state index in [1.54, 1.807) is 43.6 Å². The lowest BCUT2D eigenvalue weighted by atomic mass is 9.97. The molecule has 38 heavy (non-hydrogen) atoms. The summed E-state index contributed by atoms with van der Waals surface area (Å²) in [5.41, 5.74) is 4.21. The average Bonchev–Trinajstić information content (AvgIpc) is 3.40. The van der Waals surface area contributed by atoms with Gasteiger partial charge in [-0.1, -0.05) is 12.1 Å². The molecule has 0 unspecified atom stereocenters. The van der Waals surface area contributed by atoms with Crippen LogP contribution < -0.4 is 10.1 Å². The van der Waals surface area contributed by atoms with Gasteiger partial charge < -0.3 is 24.1 Å². The predicted molar refractivity (Wildman–Crippen MR) is 142 cm³/mol. The normalized spacial score (nSPS) is 18.5. The van der Waals surface area contributed by atoms with Crippen molar-refractivity contribution >= 4 is 29.9 Å². The molecule has 0 aliphatic carbocycles. The number of aromatic nitrogens is 3. The van der Waals surface area contributed by atoms with Crippen LogP contribution in [-0.4, -0.2) is 58.6 Å². The minimum absolute atomic E-state index is 0.00625. The van der Waals surface area contributed by atoms with Gasteiger partial charge in [0, 0.05) is 36.4 Å². The summed E-state index contributed by atoms with van der Waals surface area (Å²) in [5.74, 6) is 1.13. The van der Waals surface area contributed by atoms with Crippen LogP contribution in [0.15, 0.2) is 54.7 Å². The molecule has 4 aromatic rings. The van der Waals surface area contributed by atoms with Gasteiger partial charge in [0.1, 0.15) is 17.4 Å². The molecule has 0 saturated heterocycles. The lowest BCUT2D eigenvalue weighted by molar-refractivity contribution is -0.0507. The third kappa shape index (κ3) is 4.13. The molecule has 0 fully saturated rings. The number of benzene rings is 2. The highest BCUT2D eigenvalue weighted by atomic mass is 31.2. The zero-order valence-corrected chi connectivity index (χ0v) is 22.0. The van der Waals surface area contributed by atoms with Crippen LogP contribution in [-0.2, 0) is 4.57 Å². The molecule has 1 N–H and O–H groups in total. The number of anilines is 1. The third-order valence-electron chi connectivity index (χ3n) is 7.14. The van der Waals surface area contributed by atoms with Crippen LogP contribution in [0.3, 0.4) is 0 Å². The number of nitrogens with one attached hydrogen (secondary N) is 1. The summed E-state index contributed by atoms with van der Waals surface area (Å²) in [6.45, 7) is 0.435. The topological polar surface area (TPSA) is 89.3 Å². The summed E-state index contributed by atoms with van der Waals surface area (Å²) in [4.78, 5) is 24.2. The quantitative estimate of drug-likeness (QED) is 0.312. The van der Waals surface area contributed by atoms with Gasteiger partial charge in [-0.15, -0.1) is 0 Å². The monoisotopic (exact) mass is 537 g/mol. The second-order valence-electron chi connectivity index (χ2n) is 10.2. The zero-order valence-electron chi connectivity index (χ0n) is 21.1. The van der Waals surface area contributed by atoms with Gasteiger partial charge in [-0.25, -0.2) is 9.97 Å². The maximum Gasteiger partial charge on any atom is 0.387 e. The number of nitrogens with zero attached hydrogens (tertiary/aromatic N) is 4. The Morgan fingerprint density at radius 3 is 2.63 bits per heavy atom. The number of alkyl halides is 2. The highest BCUT2D eigenvalue weighted by Crippen LogP contribution is 2.50. The number of imidazole rings is 1. The Balaban J connectivity index is 1.44. The molecule has 2 aromatic heterocycles. The van der Waals surface area contributed by atoms with E-state index < -0.39 is 19.8 Å². The predicted octanol–water partition coefficient (Wildman–Crippen LogP) is 5.81. The van der Waals surface area contributed by atoms with Gasteiger partial charge in [-0.2, -0.15) is 8.78 Å². The second-order valence-corrected chi connectivity index (χ2v) is 13.6. The number of ether oxygens (including phenoxy) is 1. The first-order chi connectivity index (χ1) is 18.1. The Kier molecular flexibility index (Phi) is 5.76. The Bertz CT molecular complexity index is 1620. The number of halogens is 2. The van der Waals surface area contributed by atoms with Gasteiger partial charge in [0.05, 0.1) is 36.5 Å². The number of fused-ring (bicyclic) bond motifs is 9. The molecule has 8 nitrogen and oxygen atoms in total. The summed E-state index contributed by atoms with van der Waals surface area (Å²) in [6, 6.07) is 13.7. The van der Waals surface area contributed by atoms with E-state index in [1.165, 1.54) is 6.07 Å². The van der Waals surface area contributed by atoms with E-state index in [-0.39, 0.29) is 17.7 Å². The molecule has 2 bridgehead atoms. The molecule has 6 rings (SSSR count). The molecule has 2 atom stereocenters. The molecule has 2 aliphatic rings. The molecule has 0 spiro atoms. The van der Waals surface area contributed by atoms with Crippen molar-refractivity contribution in [2.24, 2.45) is 0 Å². The van der Waals surface area contributed by atoms with Crippen molar-refractivity contribution in [2.45, 2.75) is 25.1 Å². The van der Waals surface area contributed by atoms with Crippen LogP contribution in [0.4, 0.5) is 14.6 Å². The van der Waals surface area contributed by atoms with Gasteiger partial charge >= 0.3 is 6.61 Å². The molecule has 4 heterocycles. The van der Waals surface area contributed by atoms with Crippen molar-refractivity contribution < 1.29 is 22.9 Å². The molecule has 11 heteroatoms. The average molecular weight is 538 g/mol. The van der Waals surface area contributed by atoms with Gasteiger partial charge in [0.2, 0.25) is 0 Å². The van der Waals surface area contributed by atoms with Crippen molar-refractivity contribution in [3.05, 3.63) is 71.7 Å². The molecule has 1 amide bonds. The number of carbonyl (C=O) groups excluding carboxylic acids is 1. The fourth-order valence-electron chi connectivity index (χ4n) is 5.40. The number of hydrogen-bond acceptors (Lipinski definition) is 6. The Morgan fingerprint density at radius 1 is 1.13 bits per heavy atom. The van der Waals surface area contributed by atoms with Crippen molar-refractivity contribution in [1.82, 2.24) is 19.4 Å². The first-order valence-corrected chi connectivity index (χ1v) is 15.0. The SMILES string of the molecule is CN1C(=O)c2cccc(OC(F)F)c2[C@H]2C[C@@H]1c1nc3ccc(-c4ccc(NCP(C)(C)=O)nc4)cc3n12. The number of pyridine rings is 1. The number of amides is 1. The first-order valence-electron chi connectivity index (χ1n) is 12.2. The number of hydrogen-bond donors (Lipinski definition) is 1. The molecule has 2 aromatic carbocycles. The van der Waals surface area contributed by atoms with Crippen LogP contribution in [0.2, 0.25) is 0 Å².